The molecule has 3 rings (SSSR count). The molecule has 0 amide bonds. The number of alkyl halides is 2. The molecular formula is C27H31BrF2NO6PS2. The molecule has 3 N–H and O–H groups in total. The summed E-state index contributed by atoms with van der Waals surface area (Å²) in [5.41, 5.74) is -1.34. The summed E-state index contributed by atoms with van der Waals surface area (Å²) in [6.07, 6.45) is 1.91. The molecule has 0 aromatic heterocycles. The van der Waals surface area contributed by atoms with E-state index in [1.165, 1.54) is 23.9 Å². The fraction of sp³-hybridized carbons (Fsp3) is 0.333. The number of halogens is 3. The van der Waals surface area contributed by atoms with Crippen LogP contribution in [0.15, 0.2) is 65.1 Å². The van der Waals surface area contributed by atoms with Gasteiger partial charge in [-0.3, -0.25) is 9.29 Å². The normalized spacial score (nSPS) is 12.5. The Morgan fingerprint density at radius 2 is 1.77 bits per heavy atom. The number of sulfonamides is 1. The molecule has 0 radical (unpaired) electrons. The van der Waals surface area contributed by atoms with E-state index in [1.807, 2.05) is 30.3 Å². The predicted molar refractivity (Wildman–Crippen MR) is 160 cm³/mol. The van der Waals surface area contributed by atoms with Gasteiger partial charge in [0.25, 0.3) is 0 Å². The Balaban J connectivity index is 1.79. The lowest BCUT2D eigenvalue weighted by molar-refractivity contribution is 0.0557. The van der Waals surface area contributed by atoms with Gasteiger partial charge in [-0.05, 0) is 52.8 Å². The first-order chi connectivity index (χ1) is 18.6. The van der Waals surface area contributed by atoms with Crippen molar-refractivity contribution in [2.45, 2.75) is 37.4 Å². The molecule has 3 aromatic rings. The van der Waals surface area contributed by atoms with Gasteiger partial charge in [0.05, 0.1) is 18.6 Å². The van der Waals surface area contributed by atoms with Crippen molar-refractivity contribution in [2.75, 3.05) is 17.6 Å². The molecule has 0 aliphatic carbocycles. The Morgan fingerprint density at radius 3 is 2.40 bits per heavy atom. The lowest BCUT2D eigenvalue weighted by Crippen LogP contribution is -2.14. The fourth-order valence-electron chi connectivity index (χ4n) is 3.76. The van der Waals surface area contributed by atoms with Crippen molar-refractivity contribution in [3.8, 4) is 16.9 Å². The van der Waals surface area contributed by atoms with E-state index in [2.05, 4.69) is 34.5 Å². The average Bonchev–Trinajstić information content (AvgIpc) is 2.83. The number of thioether (sulfide) groups is 1. The van der Waals surface area contributed by atoms with Crippen LogP contribution in [0.1, 0.15) is 37.0 Å². The van der Waals surface area contributed by atoms with Crippen LogP contribution in [0.25, 0.3) is 11.1 Å². The van der Waals surface area contributed by atoms with E-state index in [0.717, 1.165) is 35.4 Å². The topological polar surface area (TPSA) is 113 Å². The Labute approximate surface area is 246 Å². The summed E-state index contributed by atoms with van der Waals surface area (Å²) in [5, 5.41) is 0. The fourth-order valence-corrected chi connectivity index (χ4v) is 6.65. The summed E-state index contributed by atoms with van der Waals surface area (Å²) in [7, 11) is -9.22. The molecule has 3 aromatic carbocycles. The summed E-state index contributed by atoms with van der Waals surface area (Å²) >= 11 is 4.55. The Hall–Kier alpha value is -1.95. The van der Waals surface area contributed by atoms with E-state index in [1.54, 1.807) is 12.1 Å². The quantitative estimate of drug-likeness (QED) is 0.160. The van der Waals surface area contributed by atoms with Gasteiger partial charge >= 0.3 is 13.3 Å². The van der Waals surface area contributed by atoms with Crippen molar-refractivity contribution in [3.63, 3.8) is 0 Å². The third-order valence-corrected chi connectivity index (χ3v) is 9.08. The largest absolute Gasteiger partial charge is 0.491 e. The number of ether oxygens (including phenoxy) is 1. The van der Waals surface area contributed by atoms with E-state index < -0.39 is 28.8 Å². The van der Waals surface area contributed by atoms with Crippen molar-refractivity contribution in [1.29, 1.82) is 0 Å². The van der Waals surface area contributed by atoms with E-state index in [9.17, 15) is 21.8 Å². The van der Waals surface area contributed by atoms with Crippen molar-refractivity contribution >= 4 is 51.0 Å². The summed E-state index contributed by atoms with van der Waals surface area (Å²) in [5.74, 6) is 1.91. The van der Waals surface area contributed by atoms with Gasteiger partial charge in [-0.25, -0.2) is 8.42 Å². The molecule has 0 saturated heterocycles. The SMILES string of the molecule is CC(C)CCOc1ccc(-c2ccccc2CSCc2ccc(C(F)(F)P(=O)(O)O)c(Br)c2)cc1NS(C)(=O)=O. The third-order valence-electron chi connectivity index (χ3n) is 5.81. The lowest BCUT2D eigenvalue weighted by atomic mass is 10.00. The van der Waals surface area contributed by atoms with Crippen LogP contribution in [0, 0.1) is 5.92 Å². The smallest absolute Gasteiger partial charge is 0.399 e. The van der Waals surface area contributed by atoms with Crippen molar-refractivity contribution < 1.29 is 36.3 Å². The first kappa shape index (κ1) is 32.6. The first-order valence-corrected chi connectivity index (χ1v) is 17.7. The second-order valence-electron chi connectivity index (χ2n) is 9.67. The zero-order valence-electron chi connectivity index (χ0n) is 22.1. The highest BCUT2D eigenvalue weighted by molar-refractivity contribution is 9.10. The van der Waals surface area contributed by atoms with Crippen molar-refractivity contribution in [1.82, 2.24) is 0 Å². The average molecular weight is 679 g/mol. The van der Waals surface area contributed by atoms with Crippen LogP contribution in [0.5, 0.6) is 5.75 Å². The summed E-state index contributed by atoms with van der Waals surface area (Å²) in [6, 6.07) is 16.9. The predicted octanol–water partition coefficient (Wildman–Crippen LogP) is 7.57. The third kappa shape index (κ3) is 8.77. The summed E-state index contributed by atoms with van der Waals surface area (Å²) in [4.78, 5) is 18.0. The van der Waals surface area contributed by atoms with Crippen LogP contribution in [0.4, 0.5) is 14.5 Å². The summed E-state index contributed by atoms with van der Waals surface area (Å²) < 4.78 is 71.8. The Bertz CT molecular complexity index is 1500. The highest BCUT2D eigenvalue weighted by Gasteiger charge is 2.51. The highest BCUT2D eigenvalue weighted by Crippen LogP contribution is 2.60. The molecule has 0 atom stereocenters. The van der Waals surface area contributed by atoms with Gasteiger partial charge in [-0.1, -0.05) is 72.2 Å². The molecule has 0 spiro atoms. The van der Waals surface area contributed by atoms with Gasteiger partial charge in [0.15, 0.2) is 0 Å². The molecule has 7 nitrogen and oxygen atoms in total. The first-order valence-electron chi connectivity index (χ1n) is 12.2. The molecule has 0 aliphatic heterocycles. The second-order valence-corrected chi connectivity index (χ2v) is 14.9. The number of hydrogen-bond acceptors (Lipinski definition) is 5. The van der Waals surface area contributed by atoms with Gasteiger partial charge in [0.1, 0.15) is 5.75 Å². The van der Waals surface area contributed by atoms with Gasteiger partial charge < -0.3 is 14.5 Å². The molecule has 40 heavy (non-hydrogen) atoms. The van der Waals surface area contributed by atoms with Gasteiger partial charge in [0.2, 0.25) is 10.0 Å². The lowest BCUT2D eigenvalue weighted by Gasteiger charge is -2.19. The monoisotopic (exact) mass is 677 g/mol. The molecule has 218 valence electrons. The Morgan fingerprint density at radius 1 is 1.07 bits per heavy atom. The minimum absolute atomic E-state index is 0.0825. The minimum atomic E-state index is -5.67. The van der Waals surface area contributed by atoms with Crippen LogP contribution in [-0.2, 0) is 31.8 Å². The maximum absolute atomic E-state index is 14.1. The number of hydrogen-bond donors (Lipinski definition) is 3. The standard InChI is InChI=1S/C27H31BrF2NO6PS2/c1-18(2)12-13-37-26-11-9-20(15-25(26)31-40(3,35)36)22-7-5-4-6-21(22)17-39-16-19-8-10-23(24(28)14-19)27(29,30)38(32,33)34/h4-11,14-15,18,31H,12-13,16-17H2,1-3H3,(H2,32,33,34). The molecule has 0 aliphatic rings. The molecule has 0 saturated carbocycles. The number of rotatable bonds is 13. The molecular weight excluding hydrogens is 647 g/mol. The van der Waals surface area contributed by atoms with Gasteiger partial charge in [-0.2, -0.15) is 20.5 Å². The minimum Gasteiger partial charge on any atom is -0.491 e. The molecule has 0 fully saturated rings. The van der Waals surface area contributed by atoms with Crippen LogP contribution >= 0.6 is 35.3 Å². The van der Waals surface area contributed by atoms with Crippen LogP contribution in [-0.4, -0.2) is 31.1 Å². The van der Waals surface area contributed by atoms with Gasteiger partial charge in [0, 0.05) is 21.5 Å². The molecule has 0 unspecified atom stereocenters. The van der Waals surface area contributed by atoms with Crippen LogP contribution in [0.3, 0.4) is 0 Å². The second kappa shape index (κ2) is 13.4. The van der Waals surface area contributed by atoms with Crippen molar-refractivity contribution in [2.24, 2.45) is 5.92 Å². The number of nitrogens with one attached hydrogen (secondary N) is 1. The van der Waals surface area contributed by atoms with Crippen molar-refractivity contribution in [3.05, 3.63) is 81.8 Å². The van der Waals surface area contributed by atoms with E-state index in [0.29, 0.717) is 41.0 Å². The zero-order valence-corrected chi connectivity index (χ0v) is 26.2. The van der Waals surface area contributed by atoms with Crippen LogP contribution in [0.2, 0.25) is 0 Å². The maximum atomic E-state index is 14.1. The van der Waals surface area contributed by atoms with Crippen LogP contribution < -0.4 is 9.46 Å². The molecule has 13 heteroatoms. The van der Waals surface area contributed by atoms with E-state index in [4.69, 9.17) is 14.5 Å². The van der Waals surface area contributed by atoms with E-state index >= 15 is 0 Å². The summed E-state index contributed by atoms with van der Waals surface area (Å²) in [6.45, 7) is 4.61. The maximum Gasteiger partial charge on any atom is 0.399 e. The van der Waals surface area contributed by atoms with E-state index in [-0.39, 0.29) is 4.47 Å². The Kier molecular flexibility index (Phi) is 10.9. The zero-order chi connectivity index (χ0) is 29.7. The van der Waals surface area contributed by atoms with Gasteiger partial charge in [-0.15, -0.1) is 0 Å². The number of anilines is 1. The highest BCUT2D eigenvalue weighted by atomic mass is 79.9. The molecule has 0 heterocycles. The molecule has 0 bridgehead atoms. The number of benzene rings is 3.